The number of anilines is 2. The van der Waals surface area contributed by atoms with Crippen molar-refractivity contribution in [3.8, 4) is 0 Å². The second kappa shape index (κ2) is 10.7. The number of rotatable bonds is 9. The summed E-state index contributed by atoms with van der Waals surface area (Å²) in [7, 11) is 0. The number of aliphatic hydroxyl groups is 1. The maximum absolute atomic E-state index is 12.1. The number of nitrogens with zero attached hydrogens (tertiary/aromatic N) is 3. The number of piperazine rings is 1. The Labute approximate surface area is 176 Å². The summed E-state index contributed by atoms with van der Waals surface area (Å²) in [5, 5.41) is 15.0. The van der Waals surface area contributed by atoms with Crippen LogP contribution in [-0.2, 0) is 16.0 Å². The molecule has 2 aromatic rings. The van der Waals surface area contributed by atoms with E-state index in [1.54, 1.807) is 17.5 Å². The minimum absolute atomic E-state index is 0.0318. The van der Waals surface area contributed by atoms with Crippen LogP contribution < -0.4 is 10.2 Å². The highest BCUT2D eigenvalue weighted by Crippen LogP contribution is 2.17. The summed E-state index contributed by atoms with van der Waals surface area (Å²) in [4.78, 5) is 22.1. The number of aromatic nitrogens is 1. The van der Waals surface area contributed by atoms with Gasteiger partial charge < -0.3 is 20.1 Å². The van der Waals surface area contributed by atoms with Crippen LogP contribution in [0.2, 0.25) is 0 Å². The first-order valence-corrected chi connectivity index (χ1v) is 10.9. The normalized spacial score (nSPS) is 16.2. The second-order valence-electron chi connectivity index (χ2n) is 7.53. The molecule has 0 saturated carbocycles. The van der Waals surface area contributed by atoms with Crippen molar-refractivity contribution in [2.75, 3.05) is 49.5 Å². The SMILES string of the molecule is CC(C)OC[C@H](O)CN1CCN(c2ccc(NC(=O)Cc3cccs3)cn2)CC1. The van der Waals surface area contributed by atoms with Crippen molar-refractivity contribution in [2.24, 2.45) is 0 Å². The number of hydrogen-bond acceptors (Lipinski definition) is 7. The largest absolute Gasteiger partial charge is 0.389 e. The van der Waals surface area contributed by atoms with E-state index in [2.05, 4.69) is 20.1 Å². The molecule has 3 heterocycles. The van der Waals surface area contributed by atoms with Crippen molar-refractivity contribution in [3.63, 3.8) is 0 Å². The molecule has 158 valence electrons. The Bertz CT molecular complexity index is 744. The average Bonchev–Trinajstić information content (AvgIpc) is 3.20. The number of ether oxygens (including phenoxy) is 1. The maximum Gasteiger partial charge on any atom is 0.229 e. The Morgan fingerprint density at radius 3 is 2.69 bits per heavy atom. The Morgan fingerprint density at radius 2 is 2.07 bits per heavy atom. The fourth-order valence-electron chi connectivity index (χ4n) is 3.24. The smallest absolute Gasteiger partial charge is 0.229 e. The van der Waals surface area contributed by atoms with Crippen LogP contribution in [0.25, 0.3) is 0 Å². The first-order valence-electron chi connectivity index (χ1n) is 10.0. The zero-order valence-electron chi connectivity index (χ0n) is 17.1. The summed E-state index contributed by atoms with van der Waals surface area (Å²) in [5.41, 5.74) is 0.710. The molecule has 0 unspecified atom stereocenters. The van der Waals surface area contributed by atoms with E-state index in [4.69, 9.17) is 4.74 Å². The lowest BCUT2D eigenvalue weighted by Crippen LogP contribution is -2.49. The topological polar surface area (TPSA) is 77.9 Å². The molecule has 1 amide bonds. The van der Waals surface area contributed by atoms with Gasteiger partial charge in [0.05, 0.1) is 37.1 Å². The lowest BCUT2D eigenvalue weighted by atomic mass is 10.2. The standard InChI is InChI=1S/C21H30N4O3S/c1-16(2)28-15-18(26)14-24-7-9-25(10-8-24)20-6-5-17(13-22-20)23-21(27)12-19-4-3-11-29-19/h3-6,11,13,16,18,26H,7-10,12,14-15H2,1-2H3,(H,23,27)/t18-/m1/s1. The Morgan fingerprint density at radius 1 is 1.28 bits per heavy atom. The van der Waals surface area contributed by atoms with Gasteiger partial charge in [-0.05, 0) is 37.4 Å². The van der Waals surface area contributed by atoms with Gasteiger partial charge in [-0.3, -0.25) is 9.69 Å². The second-order valence-corrected chi connectivity index (χ2v) is 8.57. The van der Waals surface area contributed by atoms with Crippen molar-refractivity contribution in [1.82, 2.24) is 9.88 Å². The Kier molecular flexibility index (Phi) is 8.00. The van der Waals surface area contributed by atoms with Crippen LogP contribution in [0.1, 0.15) is 18.7 Å². The monoisotopic (exact) mass is 418 g/mol. The van der Waals surface area contributed by atoms with Crippen LogP contribution in [0.4, 0.5) is 11.5 Å². The number of aliphatic hydroxyl groups excluding tert-OH is 1. The number of β-amino-alcohol motifs (C(OH)–C–C–N with tert-alkyl or cyclic N) is 1. The van der Waals surface area contributed by atoms with E-state index in [0.29, 0.717) is 25.3 Å². The van der Waals surface area contributed by atoms with Gasteiger partial charge in [0.25, 0.3) is 0 Å². The van der Waals surface area contributed by atoms with Gasteiger partial charge in [0, 0.05) is 37.6 Å². The molecule has 0 bridgehead atoms. The first-order chi connectivity index (χ1) is 14.0. The Hall–Kier alpha value is -2.00. The van der Waals surface area contributed by atoms with E-state index in [-0.39, 0.29) is 12.0 Å². The number of carbonyl (C=O) groups is 1. The number of amides is 1. The zero-order chi connectivity index (χ0) is 20.6. The van der Waals surface area contributed by atoms with Gasteiger partial charge in [-0.15, -0.1) is 11.3 Å². The number of thiophene rings is 1. The van der Waals surface area contributed by atoms with Crippen LogP contribution in [0.3, 0.4) is 0 Å². The van der Waals surface area contributed by atoms with Crippen LogP contribution in [0.5, 0.6) is 0 Å². The molecule has 1 saturated heterocycles. The molecule has 0 aliphatic carbocycles. The number of carbonyl (C=O) groups excluding carboxylic acids is 1. The summed E-state index contributed by atoms with van der Waals surface area (Å²) in [6, 6.07) is 7.75. The molecular formula is C21H30N4O3S. The molecular weight excluding hydrogens is 388 g/mol. The highest BCUT2D eigenvalue weighted by molar-refractivity contribution is 7.10. The quantitative estimate of drug-likeness (QED) is 0.650. The number of pyridine rings is 1. The summed E-state index contributed by atoms with van der Waals surface area (Å²) in [6.45, 7) is 8.41. The predicted octanol–water partition coefficient (Wildman–Crippen LogP) is 2.23. The predicted molar refractivity (Wildman–Crippen MR) is 117 cm³/mol. The van der Waals surface area contributed by atoms with Crippen molar-refractivity contribution >= 4 is 28.7 Å². The zero-order valence-corrected chi connectivity index (χ0v) is 17.9. The number of nitrogens with one attached hydrogen (secondary N) is 1. The average molecular weight is 419 g/mol. The molecule has 1 aliphatic heterocycles. The fraction of sp³-hybridized carbons (Fsp3) is 0.524. The molecule has 7 nitrogen and oxygen atoms in total. The third kappa shape index (κ3) is 7.08. The summed E-state index contributed by atoms with van der Waals surface area (Å²) in [6.07, 6.45) is 1.77. The molecule has 0 radical (unpaired) electrons. The van der Waals surface area contributed by atoms with E-state index in [9.17, 15) is 9.90 Å². The molecule has 1 fully saturated rings. The van der Waals surface area contributed by atoms with Gasteiger partial charge in [0.2, 0.25) is 5.91 Å². The summed E-state index contributed by atoms with van der Waals surface area (Å²) >= 11 is 1.58. The first kappa shape index (κ1) is 21.7. The summed E-state index contributed by atoms with van der Waals surface area (Å²) in [5.74, 6) is 0.875. The minimum Gasteiger partial charge on any atom is -0.389 e. The molecule has 3 rings (SSSR count). The Balaban J connectivity index is 1.42. The van der Waals surface area contributed by atoms with E-state index in [0.717, 1.165) is 36.9 Å². The fourth-order valence-corrected chi connectivity index (χ4v) is 3.94. The third-order valence-corrected chi connectivity index (χ3v) is 5.61. The van der Waals surface area contributed by atoms with E-state index >= 15 is 0 Å². The minimum atomic E-state index is -0.459. The van der Waals surface area contributed by atoms with Crippen molar-refractivity contribution in [3.05, 3.63) is 40.7 Å². The van der Waals surface area contributed by atoms with Gasteiger partial charge in [0.15, 0.2) is 0 Å². The van der Waals surface area contributed by atoms with Gasteiger partial charge in [0.1, 0.15) is 5.82 Å². The lowest BCUT2D eigenvalue weighted by molar-refractivity contribution is -0.115. The maximum atomic E-state index is 12.1. The molecule has 1 aliphatic rings. The molecule has 0 spiro atoms. The molecule has 29 heavy (non-hydrogen) atoms. The van der Waals surface area contributed by atoms with Crippen LogP contribution in [0, 0.1) is 0 Å². The van der Waals surface area contributed by atoms with Gasteiger partial charge in [-0.1, -0.05) is 6.07 Å². The van der Waals surface area contributed by atoms with Crippen LogP contribution in [-0.4, -0.2) is 72.4 Å². The number of hydrogen-bond donors (Lipinski definition) is 2. The molecule has 0 aromatic carbocycles. The van der Waals surface area contributed by atoms with Crippen molar-refractivity contribution < 1.29 is 14.6 Å². The van der Waals surface area contributed by atoms with Gasteiger partial charge in [-0.25, -0.2) is 4.98 Å². The van der Waals surface area contributed by atoms with E-state index < -0.39 is 6.10 Å². The highest BCUT2D eigenvalue weighted by atomic mass is 32.1. The van der Waals surface area contributed by atoms with Gasteiger partial charge in [-0.2, -0.15) is 0 Å². The van der Waals surface area contributed by atoms with Crippen molar-refractivity contribution in [2.45, 2.75) is 32.5 Å². The summed E-state index contributed by atoms with van der Waals surface area (Å²) < 4.78 is 5.48. The molecule has 2 N–H and O–H groups in total. The molecule has 2 aromatic heterocycles. The van der Waals surface area contributed by atoms with E-state index in [1.165, 1.54) is 0 Å². The highest BCUT2D eigenvalue weighted by Gasteiger charge is 2.20. The molecule has 8 heteroatoms. The van der Waals surface area contributed by atoms with Crippen LogP contribution >= 0.6 is 11.3 Å². The lowest BCUT2D eigenvalue weighted by Gasteiger charge is -2.36. The van der Waals surface area contributed by atoms with E-state index in [1.807, 2.05) is 43.5 Å². The third-order valence-electron chi connectivity index (χ3n) is 4.73. The van der Waals surface area contributed by atoms with Gasteiger partial charge >= 0.3 is 0 Å². The molecule has 1 atom stereocenters. The van der Waals surface area contributed by atoms with Crippen LogP contribution in [0.15, 0.2) is 35.8 Å². The van der Waals surface area contributed by atoms with Crippen molar-refractivity contribution in [1.29, 1.82) is 0 Å².